The van der Waals surface area contributed by atoms with E-state index in [4.69, 9.17) is 0 Å². The molecule has 1 heterocycles. The molecule has 0 amide bonds. The van der Waals surface area contributed by atoms with Crippen molar-refractivity contribution in [2.75, 3.05) is 0 Å². The fourth-order valence-corrected chi connectivity index (χ4v) is 2.94. The maximum Gasteiger partial charge on any atom is 0.0772 e. The maximum absolute atomic E-state index is 9.67. The van der Waals surface area contributed by atoms with Crippen molar-refractivity contribution >= 4 is 15.9 Å². The highest BCUT2D eigenvalue weighted by Gasteiger charge is 2.09. The van der Waals surface area contributed by atoms with Gasteiger partial charge in [0.2, 0.25) is 0 Å². The molecule has 4 heteroatoms. The predicted octanol–water partition coefficient (Wildman–Crippen LogP) is 4.36. The van der Waals surface area contributed by atoms with E-state index < -0.39 is 6.10 Å². The molecule has 1 atom stereocenters. The summed E-state index contributed by atoms with van der Waals surface area (Å²) in [5.41, 5.74) is 4.04. The van der Waals surface area contributed by atoms with Crippen LogP contribution in [0.1, 0.15) is 18.6 Å². The average molecular weight is 343 g/mol. The molecule has 0 aliphatic carbocycles. The summed E-state index contributed by atoms with van der Waals surface area (Å²) in [7, 11) is 0. The third kappa shape index (κ3) is 2.91. The number of rotatable bonds is 3. The molecule has 0 saturated heterocycles. The second-order valence-corrected chi connectivity index (χ2v) is 5.78. The molecule has 3 rings (SSSR count). The van der Waals surface area contributed by atoms with Crippen LogP contribution in [0.4, 0.5) is 0 Å². The summed E-state index contributed by atoms with van der Waals surface area (Å²) < 4.78 is 2.71. The molecular formula is C17H15BrN2O. The van der Waals surface area contributed by atoms with Gasteiger partial charge in [-0.15, -0.1) is 0 Å². The minimum Gasteiger partial charge on any atom is -0.389 e. The fourth-order valence-electron chi connectivity index (χ4n) is 2.24. The Bertz CT molecular complexity index is 750. The minimum atomic E-state index is -0.495. The van der Waals surface area contributed by atoms with Crippen molar-refractivity contribution in [3.8, 4) is 16.8 Å². The predicted molar refractivity (Wildman–Crippen MR) is 87.3 cm³/mol. The second-order valence-electron chi connectivity index (χ2n) is 4.92. The van der Waals surface area contributed by atoms with Crippen molar-refractivity contribution in [2.45, 2.75) is 13.0 Å². The van der Waals surface area contributed by atoms with Gasteiger partial charge in [0.15, 0.2) is 0 Å². The third-order valence-electron chi connectivity index (χ3n) is 3.39. The van der Waals surface area contributed by atoms with Crippen molar-refractivity contribution in [3.05, 3.63) is 71.0 Å². The Morgan fingerprint density at radius 3 is 2.52 bits per heavy atom. The largest absolute Gasteiger partial charge is 0.389 e. The van der Waals surface area contributed by atoms with E-state index in [1.165, 1.54) is 0 Å². The smallest absolute Gasteiger partial charge is 0.0772 e. The van der Waals surface area contributed by atoms with Gasteiger partial charge in [-0.3, -0.25) is 0 Å². The van der Waals surface area contributed by atoms with Crippen LogP contribution in [0.3, 0.4) is 0 Å². The molecule has 3 aromatic rings. The molecule has 0 radical (unpaired) electrons. The highest BCUT2D eigenvalue weighted by molar-refractivity contribution is 9.10. The van der Waals surface area contributed by atoms with Gasteiger partial charge in [0.25, 0.3) is 0 Å². The number of aliphatic hydroxyl groups excluding tert-OH is 1. The summed E-state index contributed by atoms with van der Waals surface area (Å²) in [6, 6.07) is 16.0. The second kappa shape index (κ2) is 5.84. The number of hydrogen-bond acceptors (Lipinski definition) is 2. The van der Waals surface area contributed by atoms with Crippen molar-refractivity contribution in [1.29, 1.82) is 0 Å². The first-order valence-electron chi connectivity index (χ1n) is 6.73. The van der Waals surface area contributed by atoms with Gasteiger partial charge < -0.3 is 5.11 Å². The topological polar surface area (TPSA) is 38.0 Å². The highest BCUT2D eigenvalue weighted by atomic mass is 79.9. The first-order valence-corrected chi connectivity index (χ1v) is 7.52. The van der Waals surface area contributed by atoms with Crippen LogP contribution in [-0.4, -0.2) is 14.9 Å². The molecule has 0 saturated carbocycles. The molecule has 0 spiro atoms. The van der Waals surface area contributed by atoms with Gasteiger partial charge in [0, 0.05) is 16.2 Å². The molecule has 1 aromatic heterocycles. The lowest BCUT2D eigenvalue weighted by molar-refractivity contribution is 0.198. The number of aromatic nitrogens is 2. The van der Waals surface area contributed by atoms with Gasteiger partial charge in [-0.25, -0.2) is 4.68 Å². The van der Waals surface area contributed by atoms with Crippen LogP contribution in [0.15, 0.2) is 65.4 Å². The zero-order valence-electron chi connectivity index (χ0n) is 11.6. The Morgan fingerprint density at radius 2 is 1.86 bits per heavy atom. The van der Waals surface area contributed by atoms with E-state index in [0.29, 0.717) is 0 Å². The lowest BCUT2D eigenvalue weighted by Gasteiger charge is -2.09. The zero-order valence-corrected chi connectivity index (χ0v) is 13.2. The van der Waals surface area contributed by atoms with E-state index in [-0.39, 0.29) is 0 Å². The Morgan fingerprint density at radius 1 is 1.10 bits per heavy atom. The van der Waals surface area contributed by atoms with Gasteiger partial charge in [0.1, 0.15) is 0 Å². The van der Waals surface area contributed by atoms with Crippen LogP contribution in [0.25, 0.3) is 16.8 Å². The van der Waals surface area contributed by atoms with Crippen LogP contribution in [0.2, 0.25) is 0 Å². The summed E-state index contributed by atoms with van der Waals surface area (Å²) in [5, 5.41) is 14.1. The van der Waals surface area contributed by atoms with Gasteiger partial charge in [0.05, 0.1) is 18.0 Å². The van der Waals surface area contributed by atoms with Gasteiger partial charge in [-0.1, -0.05) is 52.3 Å². The van der Waals surface area contributed by atoms with Crippen LogP contribution in [-0.2, 0) is 0 Å². The molecule has 1 unspecified atom stereocenters. The summed E-state index contributed by atoms with van der Waals surface area (Å²) in [4.78, 5) is 0. The maximum atomic E-state index is 9.67. The molecule has 1 N–H and O–H groups in total. The van der Waals surface area contributed by atoms with E-state index in [1.54, 1.807) is 6.92 Å². The average Bonchev–Trinajstić information content (AvgIpc) is 2.97. The van der Waals surface area contributed by atoms with Crippen molar-refractivity contribution in [1.82, 2.24) is 9.78 Å². The third-order valence-corrected chi connectivity index (χ3v) is 4.08. The number of benzene rings is 2. The van der Waals surface area contributed by atoms with Crippen LogP contribution in [0.5, 0.6) is 0 Å². The zero-order chi connectivity index (χ0) is 14.8. The van der Waals surface area contributed by atoms with E-state index in [9.17, 15) is 5.11 Å². The first kappa shape index (κ1) is 14.0. The van der Waals surface area contributed by atoms with E-state index >= 15 is 0 Å². The number of hydrogen-bond donors (Lipinski definition) is 1. The quantitative estimate of drug-likeness (QED) is 0.768. The Kier molecular flexibility index (Phi) is 3.90. The molecule has 0 aliphatic rings. The number of aliphatic hydroxyl groups is 1. The minimum absolute atomic E-state index is 0.495. The number of nitrogens with zero attached hydrogens (tertiary/aromatic N) is 2. The van der Waals surface area contributed by atoms with E-state index in [2.05, 4.69) is 33.2 Å². The van der Waals surface area contributed by atoms with Crippen molar-refractivity contribution in [2.24, 2.45) is 0 Å². The molecule has 3 nitrogen and oxygen atoms in total. The summed E-state index contributed by atoms with van der Waals surface area (Å²) >= 11 is 3.50. The molecule has 2 aromatic carbocycles. The molecule has 0 bridgehead atoms. The molecular weight excluding hydrogens is 328 g/mol. The fraction of sp³-hybridized carbons (Fsp3) is 0.118. The summed E-state index contributed by atoms with van der Waals surface area (Å²) in [5.74, 6) is 0. The summed E-state index contributed by atoms with van der Waals surface area (Å²) in [6.45, 7) is 1.75. The Hall–Kier alpha value is -1.91. The van der Waals surface area contributed by atoms with Gasteiger partial charge in [-0.05, 0) is 30.2 Å². The monoisotopic (exact) mass is 342 g/mol. The van der Waals surface area contributed by atoms with E-state index in [0.717, 1.165) is 26.9 Å². The summed E-state index contributed by atoms with van der Waals surface area (Å²) in [6.07, 6.45) is 3.36. The van der Waals surface area contributed by atoms with E-state index in [1.807, 2.05) is 53.5 Å². The number of halogens is 1. The van der Waals surface area contributed by atoms with Crippen LogP contribution < -0.4 is 0 Å². The molecule has 21 heavy (non-hydrogen) atoms. The van der Waals surface area contributed by atoms with Gasteiger partial charge >= 0.3 is 0 Å². The molecule has 106 valence electrons. The molecule has 0 aliphatic heterocycles. The van der Waals surface area contributed by atoms with Crippen molar-refractivity contribution in [3.63, 3.8) is 0 Å². The van der Waals surface area contributed by atoms with Crippen LogP contribution >= 0.6 is 15.9 Å². The van der Waals surface area contributed by atoms with Crippen molar-refractivity contribution < 1.29 is 5.11 Å². The normalized spacial score (nSPS) is 12.3. The van der Waals surface area contributed by atoms with Crippen LogP contribution in [0, 0.1) is 0 Å². The van der Waals surface area contributed by atoms with Gasteiger partial charge in [-0.2, -0.15) is 5.10 Å². The Labute approximate surface area is 132 Å². The molecule has 0 fully saturated rings. The first-order chi connectivity index (χ1) is 10.1. The highest BCUT2D eigenvalue weighted by Crippen LogP contribution is 2.26. The SMILES string of the molecule is CC(O)c1ccc(-n2cc(-c3ccccc3)cn2)cc1Br. The lowest BCUT2D eigenvalue weighted by atomic mass is 10.1. The Balaban J connectivity index is 1.95. The standard InChI is InChI=1S/C17H15BrN2O/c1-12(21)16-8-7-15(9-17(16)18)20-11-14(10-19-20)13-5-3-2-4-6-13/h2-12,21H,1H3. The lowest BCUT2D eigenvalue weighted by Crippen LogP contribution is -1.97.